The number of aryl methyl sites for hydroxylation is 1. The minimum absolute atomic E-state index is 0.0599. The molecule has 2 aromatic carbocycles. The van der Waals surface area contributed by atoms with Crippen molar-refractivity contribution >= 4 is 12.0 Å². The van der Waals surface area contributed by atoms with Gasteiger partial charge in [0.05, 0.1) is 11.4 Å². The Kier molecular flexibility index (Phi) is 5.48. The smallest absolute Gasteiger partial charge is 0.262 e. The summed E-state index contributed by atoms with van der Waals surface area (Å²) in [5.74, 6) is -0.396. The van der Waals surface area contributed by atoms with Gasteiger partial charge in [-0.15, -0.1) is 0 Å². The van der Waals surface area contributed by atoms with Crippen LogP contribution < -0.4 is 5.32 Å². The highest BCUT2D eigenvalue weighted by Gasteiger charge is 2.15. The fraction of sp³-hybridized carbons (Fsp3) is 0.136. The Morgan fingerprint density at radius 3 is 2.37 bits per heavy atom. The lowest BCUT2D eigenvalue weighted by molar-refractivity contribution is -0.117. The SMILES string of the molecule is Cc1nn(-c2ccccc2)c(C)c1/C=C(\C#N)C(=O)NCc1ccccc1. The number of carbonyl (C=O) groups excluding carboxylic acids is 1. The van der Waals surface area contributed by atoms with E-state index in [0.717, 1.165) is 28.2 Å². The molecule has 134 valence electrons. The molecule has 5 nitrogen and oxygen atoms in total. The van der Waals surface area contributed by atoms with Crippen LogP contribution in [0.5, 0.6) is 0 Å². The van der Waals surface area contributed by atoms with Crippen LogP contribution in [-0.2, 0) is 11.3 Å². The first-order chi connectivity index (χ1) is 13.1. The molecule has 0 fully saturated rings. The molecular formula is C22H20N4O. The zero-order chi connectivity index (χ0) is 19.2. The van der Waals surface area contributed by atoms with Gasteiger partial charge < -0.3 is 5.32 Å². The highest BCUT2D eigenvalue weighted by atomic mass is 16.1. The number of nitriles is 1. The van der Waals surface area contributed by atoms with Crippen LogP contribution in [0.3, 0.4) is 0 Å². The number of para-hydroxylation sites is 1. The van der Waals surface area contributed by atoms with Crippen LogP contribution in [0.15, 0.2) is 66.2 Å². The molecule has 0 bridgehead atoms. The second-order valence-corrected chi connectivity index (χ2v) is 6.17. The first-order valence-corrected chi connectivity index (χ1v) is 8.65. The van der Waals surface area contributed by atoms with Crippen LogP contribution >= 0.6 is 0 Å². The van der Waals surface area contributed by atoms with Gasteiger partial charge in [0.2, 0.25) is 0 Å². The lowest BCUT2D eigenvalue weighted by Crippen LogP contribution is -2.23. The zero-order valence-electron chi connectivity index (χ0n) is 15.3. The Morgan fingerprint density at radius 1 is 1.11 bits per heavy atom. The molecule has 0 aliphatic rings. The summed E-state index contributed by atoms with van der Waals surface area (Å²) in [6.07, 6.45) is 1.61. The van der Waals surface area contributed by atoms with E-state index in [1.165, 1.54) is 0 Å². The zero-order valence-corrected chi connectivity index (χ0v) is 15.3. The van der Waals surface area contributed by atoms with Crippen molar-refractivity contribution in [1.29, 1.82) is 5.26 Å². The van der Waals surface area contributed by atoms with Gasteiger partial charge in [-0.1, -0.05) is 48.5 Å². The molecule has 0 unspecified atom stereocenters. The molecule has 0 aliphatic carbocycles. The molecule has 1 heterocycles. The third kappa shape index (κ3) is 4.13. The summed E-state index contributed by atoms with van der Waals surface area (Å²) in [6, 6.07) is 21.3. The van der Waals surface area contributed by atoms with Crippen molar-refractivity contribution in [3.05, 3.63) is 88.8 Å². The van der Waals surface area contributed by atoms with Crippen molar-refractivity contribution in [2.24, 2.45) is 0 Å². The largest absolute Gasteiger partial charge is 0.347 e. The first-order valence-electron chi connectivity index (χ1n) is 8.65. The maximum Gasteiger partial charge on any atom is 0.262 e. The molecule has 0 spiro atoms. The molecule has 0 saturated carbocycles. The highest BCUT2D eigenvalue weighted by Crippen LogP contribution is 2.20. The van der Waals surface area contributed by atoms with E-state index in [2.05, 4.69) is 10.4 Å². The molecule has 1 aromatic heterocycles. The van der Waals surface area contributed by atoms with Gasteiger partial charge in [0, 0.05) is 17.8 Å². The Morgan fingerprint density at radius 2 is 1.74 bits per heavy atom. The van der Waals surface area contributed by atoms with Gasteiger partial charge in [-0.2, -0.15) is 10.4 Å². The molecule has 0 radical (unpaired) electrons. The molecule has 0 saturated heterocycles. The lowest BCUT2D eigenvalue weighted by Gasteiger charge is -2.05. The predicted octanol–water partition coefficient (Wildman–Crippen LogP) is 3.71. The Labute approximate surface area is 158 Å². The van der Waals surface area contributed by atoms with E-state index >= 15 is 0 Å². The van der Waals surface area contributed by atoms with E-state index in [1.54, 1.807) is 6.08 Å². The van der Waals surface area contributed by atoms with Gasteiger partial charge in [0.25, 0.3) is 5.91 Å². The fourth-order valence-corrected chi connectivity index (χ4v) is 2.85. The maximum absolute atomic E-state index is 12.4. The molecule has 1 N–H and O–H groups in total. The summed E-state index contributed by atoms with van der Waals surface area (Å²) in [7, 11) is 0. The molecule has 0 aliphatic heterocycles. The monoisotopic (exact) mass is 356 g/mol. The number of carbonyl (C=O) groups is 1. The molecule has 27 heavy (non-hydrogen) atoms. The van der Waals surface area contributed by atoms with E-state index in [4.69, 9.17) is 0 Å². The van der Waals surface area contributed by atoms with Crippen molar-refractivity contribution in [2.45, 2.75) is 20.4 Å². The van der Waals surface area contributed by atoms with Crippen molar-refractivity contribution in [2.75, 3.05) is 0 Å². The van der Waals surface area contributed by atoms with Crippen LogP contribution in [0.4, 0.5) is 0 Å². The highest BCUT2D eigenvalue weighted by molar-refractivity contribution is 6.01. The predicted molar refractivity (Wildman–Crippen MR) is 105 cm³/mol. The number of hydrogen-bond donors (Lipinski definition) is 1. The Balaban J connectivity index is 1.84. The van der Waals surface area contributed by atoms with Gasteiger partial charge in [-0.05, 0) is 37.6 Å². The van der Waals surface area contributed by atoms with Gasteiger partial charge in [0.15, 0.2) is 0 Å². The number of benzene rings is 2. The first kappa shape index (κ1) is 18.2. The number of hydrogen-bond acceptors (Lipinski definition) is 3. The Hall–Kier alpha value is -3.65. The van der Waals surface area contributed by atoms with E-state index in [-0.39, 0.29) is 5.57 Å². The lowest BCUT2D eigenvalue weighted by atomic mass is 10.1. The van der Waals surface area contributed by atoms with Gasteiger partial charge in [-0.3, -0.25) is 4.79 Å². The average Bonchev–Trinajstić information content (AvgIpc) is 2.99. The number of aromatic nitrogens is 2. The quantitative estimate of drug-likeness (QED) is 0.559. The molecule has 1 amide bonds. The van der Waals surface area contributed by atoms with Crippen LogP contribution in [-0.4, -0.2) is 15.7 Å². The van der Waals surface area contributed by atoms with Gasteiger partial charge in [-0.25, -0.2) is 4.68 Å². The standard InChI is InChI=1S/C22H20N4O/c1-16-21(17(2)26(25-16)20-11-7-4-8-12-20)13-19(14-23)22(27)24-15-18-9-5-3-6-10-18/h3-13H,15H2,1-2H3,(H,24,27)/b19-13+. The molecule has 5 heteroatoms. The van der Waals surface area contributed by atoms with E-state index in [9.17, 15) is 10.1 Å². The number of rotatable bonds is 5. The van der Waals surface area contributed by atoms with Gasteiger partial charge >= 0.3 is 0 Å². The minimum atomic E-state index is -0.396. The van der Waals surface area contributed by atoms with Crippen LogP contribution in [0, 0.1) is 25.2 Å². The summed E-state index contributed by atoms with van der Waals surface area (Å²) >= 11 is 0. The third-order valence-corrected chi connectivity index (χ3v) is 4.30. The molecule has 3 rings (SSSR count). The molecular weight excluding hydrogens is 336 g/mol. The summed E-state index contributed by atoms with van der Waals surface area (Å²) in [5, 5.41) is 16.8. The summed E-state index contributed by atoms with van der Waals surface area (Å²) in [6.45, 7) is 4.17. The van der Waals surface area contributed by atoms with E-state index in [1.807, 2.05) is 85.3 Å². The fourth-order valence-electron chi connectivity index (χ4n) is 2.85. The summed E-state index contributed by atoms with van der Waals surface area (Å²) in [5.41, 5.74) is 4.40. The van der Waals surface area contributed by atoms with E-state index < -0.39 is 5.91 Å². The van der Waals surface area contributed by atoms with Crippen LogP contribution in [0.1, 0.15) is 22.5 Å². The Bertz CT molecular complexity index is 1010. The van der Waals surface area contributed by atoms with Crippen LogP contribution in [0.25, 0.3) is 11.8 Å². The van der Waals surface area contributed by atoms with Crippen molar-refractivity contribution < 1.29 is 4.79 Å². The molecule has 0 atom stereocenters. The van der Waals surface area contributed by atoms with Gasteiger partial charge in [0.1, 0.15) is 11.6 Å². The van der Waals surface area contributed by atoms with Crippen molar-refractivity contribution in [3.63, 3.8) is 0 Å². The second-order valence-electron chi connectivity index (χ2n) is 6.17. The minimum Gasteiger partial charge on any atom is -0.347 e. The number of amides is 1. The average molecular weight is 356 g/mol. The number of nitrogens with zero attached hydrogens (tertiary/aromatic N) is 3. The van der Waals surface area contributed by atoms with Crippen molar-refractivity contribution in [3.8, 4) is 11.8 Å². The third-order valence-electron chi connectivity index (χ3n) is 4.30. The summed E-state index contributed by atoms with van der Waals surface area (Å²) < 4.78 is 1.82. The van der Waals surface area contributed by atoms with E-state index in [0.29, 0.717) is 6.54 Å². The molecule has 3 aromatic rings. The van der Waals surface area contributed by atoms with Crippen LogP contribution in [0.2, 0.25) is 0 Å². The second kappa shape index (κ2) is 8.15. The van der Waals surface area contributed by atoms with Crippen molar-refractivity contribution in [1.82, 2.24) is 15.1 Å². The normalized spacial score (nSPS) is 11.1. The topological polar surface area (TPSA) is 70.7 Å². The summed E-state index contributed by atoms with van der Waals surface area (Å²) in [4.78, 5) is 12.4. The number of nitrogens with one attached hydrogen (secondary N) is 1. The maximum atomic E-state index is 12.4.